The Hall–Kier alpha value is -1.08. The maximum Gasteiger partial charge on any atom is 0.106 e. The van der Waals surface area contributed by atoms with E-state index in [-0.39, 0.29) is 0 Å². The van der Waals surface area contributed by atoms with Crippen molar-refractivity contribution < 1.29 is 4.74 Å². The lowest BCUT2D eigenvalue weighted by molar-refractivity contribution is 0.415. The van der Waals surface area contributed by atoms with Gasteiger partial charge in [0, 0.05) is 0 Å². The van der Waals surface area contributed by atoms with E-state index in [0.717, 1.165) is 12.2 Å². The zero-order chi connectivity index (χ0) is 7.68. The van der Waals surface area contributed by atoms with Gasteiger partial charge in [-0.2, -0.15) is 0 Å². The fraction of sp³-hybridized carbons (Fsp3) is 0.200. The molecule has 0 aromatic heterocycles. The molecule has 1 aromatic rings. The topological polar surface area (TPSA) is 12.5 Å². The second-order valence-electron chi connectivity index (χ2n) is 2.69. The summed E-state index contributed by atoms with van der Waals surface area (Å²) in [5, 5.41) is 0. The average Bonchev–Trinajstić information content (AvgIpc) is 2.87. The summed E-state index contributed by atoms with van der Waals surface area (Å²) in [7, 11) is 0. The summed E-state index contributed by atoms with van der Waals surface area (Å²) in [6.45, 7) is 4.57. The highest BCUT2D eigenvalue weighted by Gasteiger charge is 2.23. The molecule has 1 aliphatic heterocycles. The highest BCUT2D eigenvalue weighted by atomic mass is 16.6. The molecule has 1 nitrogen and oxygen atoms in total. The van der Waals surface area contributed by atoms with E-state index in [9.17, 15) is 0 Å². The van der Waals surface area contributed by atoms with Gasteiger partial charge in [0.2, 0.25) is 0 Å². The highest BCUT2D eigenvalue weighted by Crippen LogP contribution is 2.29. The van der Waals surface area contributed by atoms with E-state index in [1.807, 2.05) is 6.08 Å². The van der Waals surface area contributed by atoms with E-state index in [2.05, 4.69) is 30.8 Å². The monoisotopic (exact) mass is 146 g/mol. The molecule has 1 aromatic carbocycles. The Morgan fingerprint density at radius 2 is 2.00 bits per heavy atom. The molecule has 11 heavy (non-hydrogen) atoms. The molecule has 1 fully saturated rings. The molecule has 1 aliphatic rings. The number of hydrogen-bond donors (Lipinski definition) is 0. The molecule has 56 valence electrons. The molecule has 2 rings (SSSR count). The second kappa shape index (κ2) is 2.51. The molecule has 0 saturated carbocycles. The van der Waals surface area contributed by atoms with Gasteiger partial charge in [-0.25, -0.2) is 0 Å². The summed E-state index contributed by atoms with van der Waals surface area (Å²) in [5.41, 5.74) is 2.44. The van der Waals surface area contributed by atoms with Crippen molar-refractivity contribution in [3.05, 3.63) is 42.0 Å². The van der Waals surface area contributed by atoms with Crippen LogP contribution in [0.3, 0.4) is 0 Å². The van der Waals surface area contributed by atoms with Crippen molar-refractivity contribution in [3.63, 3.8) is 0 Å². The van der Waals surface area contributed by atoms with Gasteiger partial charge in [0.05, 0.1) is 6.61 Å². The number of epoxide rings is 1. The summed E-state index contributed by atoms with van der Waals surface area (Å²) in [5.74, 6) is 0. The molecule has 1 atom stereocenters. The van der Waals surface area contributed by atoms with Gasteiger partial charge in [-0.05, 0) is 11.1 Å². The Morgan fingerprint density at radius 1 is 1.36 bits per heavy atom. The van der Waals surface area contributed by atoms with Crippen LogP contribution in [-0.2, 0) is 4.74 Å². The minimum atomic E-state index is 0.369. The SMILES string of the molecule is C=Cc1ccc(C2CO2)cc1. The van der Waals surface area contributed by atoms with Gasteiger partial charge in [0.15, 0.2) is 0 Å². The largest absolute Gasteiger partial charge is 0.368 e. The number of benzene rings is 1. The van der Waals surface area contributed by atoms with Crippen LogP contribution in [0.2, 0.25) is 0 Å². The standard InChI is InChI=1S/C10H10O/c1-2-8-3-5-9(6-4-8)10-7-11-10/h2-6,10H,1,7H2. The Bertz CT molecular complexity index is 257. The maximum absolute atomic E-state index is 5.14. The predicted octanol–water partition coefficient (Wildman–Crippen LogP) is 2.40. The van der Waals surface area contributed by atoms with Crippen LogP contribution in [0.15, 0.2) is 30.8 Å². The van der Waals surface area contributed by atoms with E-state index in [4.69, 9.17) is 4.74 Å². The molecular weight excluding hydrogens is 136 g/mol. The summed E-state index contributed by atoms with van der Waals surface area (Å²) >= 11 is 0. The van der Waals surface area contributed by atoms with E-state index >= 15 is 0 Å². The number of hydrogen-bond acceptors (Lipinski definition) is 1. The highest BCUT2D eigenvalue weighted by molar-refractivity contribution is 5.47. The third-order valence-electron chi connectivity index (χ3n) is 1.88. The third kappa shape index (κ3) is 1.33. The van der Waals surface area contributed by atoms with Gasteiger partial charge in [-0.15, -0.1) is 0 Å². The summed E-state index contributed by atoms with van der Waals surface area (Å²) in [6, 6.07) is 8.30. The van der Waals surface area contributed by atoms with E-state index in [0.29, 0.717) is 6.10 Å². The van der Waals surface area contributed by atoms with Crippen molar-refractivity contribution in [2.24, 2.45) is 0 Å². The van der Waals surface area contributed by atoms with Crippen LogP contribution in [0.4, 0.5) is 0 Å². The first-order chi connectivity index (χ1) is 5.40. The molecule has 0 amide bonds. The molecule has 1 unspecified atom stereocenters. The average molecular weight is 146 g/mol. The molecule has 1 saturated heterocycles. The molecule has 1 heterocycles. The first-order valence-electron chi connectivity index (χ1n) is 3.74. The van der Waals surface area contributed by atoms with Crippen molar-refractivity contribution in [1.82, 2.24) is 0 Å². The Kier molecular flexibility index (Phi) is 1.51. The minimum Gasteiger partial charge on any atom is -0.368 e. The molecule has 1 heteroatoms. The summed E-state index contributed by atoms with van der Waals surface area (Å²) in [4.78, 5) is 0. The van der Waals surface area contributed by atoms with Crippen molar-refractivity contribution in [1.29, 1.82) is 0 Å². The van der Waals surface area contributed by atoms with E-state index in [1.165, 1.54) is 5.56 Å². The van der Waals surface area contributed by atoms with E-state index < -0.39 is 0 Å². The van der Waals surface area contributed by atoms with Gasteiger partial charge in [0.25, 0.3) is 0 Å². The van der Waals surface area contributed by atoms with Gasteiger partial charge in [-0.1, -0.05) is 36.9 Å². The summed E-state index contributed by atoms with van der Waals surface area (Å²) < 4.78 is 5.14. The van der Waals surface area contributed by atoms with Gasteiger partial charge in [0.1, 0.15) is 6.10 Å². The molecule has 0 radical (unpaired) electrons. The van der Waals surface area contributed by atoms with Crippen LogP contribution in [0.1, 0.15) is 17.2 Å². The third-order valence-corrected chi connectivity index (χ3v) is 1.88. The van der Waals surface area contributed by atoms with Crippen molar-refractivity contribution in [3.8, 4) is 0 Å². The number of rotatable bonds is 2. The molecule has 0 N–H and O–H groups in total. The zero-order valence-electron chi connectivity index (χ0n) is 6.29. The van der Waals surface area contributed by atoms with Crippen LogP contribution in [0, 0.1) is 0 Å². The fourth-order valence-corrected chi connectivity index (χ4v) is 1.09. The zero-order valence-corrected chi connectivity index (χ0v) is 6.29. The van der Waals surface area contributed by atoms with Crippen molar-refractivity contribution in [2.75, 3.05) is 6.61 Å². The van der Waals surface area contributed by atoms with Gasteiger partial charge >= 0.3 is 0 Å². The lowest BCUT2D eigenvalue weighted by Gasteiger charge is -1.95. The van der Waals surface area contributed by atoms with Crippen LogP contribution >= 0.6 is 0 Å². The quantitative estimate of drug-likeness (QED) is 0.584. The van der Waals surface area contributed by atoms with Crippen LogP contribution in [-0.4, -0.2) is 6.61 Å². The van der Waals surface area contributed by atoms with Crippen molar-refractivity contribution in [2.45, 2.75) is 6.10 Å². The first-order valence-corrected chi connectivity index (χ1v) is 3.74. The predicted molar refractivity (Wildman–Crippen MR) is 45.2 cm³/mol. The lowest BCUT2D eigenvalue weighted by atomic mass is 10.1. The van der Waals surface area contributed by atoms with Crippen LogP contribution < -0.4 is 0 Å². The van der Waals surface area contributed by atoms with Crippen LogP contribution in [0.5, 0.6) is 0 Å². The summed E-state index contributed by atoms with van der Waals surface area (Å²) in [6.07, 6.45) is 2.21. The van der Waals surface area contributed by atoms with Crippen molar-refractivity contribution >= 4 is 6.08 Å². The molecule has 0 bridgehead atoms. The number of ether oxygens (including phenoxy) is 1. The Labute approximate surface area is 66.3 Å². The second-order valence-corrected chi connectivity index (χ2v) is 2.69. The molecule has 0 aliphatic carbocycles. The lowest BCUT2D eigenvalue weighted by Crippen LogP contribution is -1.79. The Morgan fingerprint density at radius 3 is 2.45 bits per heavy atom. The fourth-order valence-electron chi connectivity index (χ4n) is 1.09. The molecular formula is C10H10O. The normalized spacial score (nSPS) is 21.3. The first kappa shape index (κ1) is 6.62. The van der Waals surface area contributed by atoms with Crippen LogP contribution in [0.25, 0.3) is 6.08 Å². The smallest absolute Gasteiger partial charge is 0.106 e. The van der Waals surface area contributed by atoms with E-state index in [1.54, 1.807) is 0 Å². The maximum atomic E-state index is 5.14. The minimum absolute atomic E-state index is 0.369. The van der Waals surface area contributed by atoms with Gasteiger partial charge in [-0.3, -0.25) is 0 Å². The van der Waals surface area contributed by atoms with Gasteiger partial charge < -0.3 is 4.74 Å². The Balaban J connectivity index is 2.25. The molecule has 0 spiro atoms.